The second kappa shape index (κ2) is 10.7. The van der Waals surface area contributed by atoms with Crippen molar-refractivity contribution in [2.45, 2.75) is 52.5 Å². The van der Waals surface area contributed by atoms with Crippen LogP contribution in [0.15, 0.2) is 0 Å². The minimum atomic E-state index is -2.65. The van der Waals surface area contributed by atoms with Crippen LogP contribution in [0.5, 0.6) is 0 Å². The van der Waals surface area contributed by atoms with Crippen LogP contribution in [0.2, 0.25) is 6.04 Å². The first-order valence-corrected chi connectivity index (χ1v) is 10.5. The number of carbonyl (C=O) groups excluding carboxylic acids is 2. The summed E-state index contributed by atoms with van der Waals surface area (Å²) in [6.45, 7) is 8.38. The monoisotopic (exact) mass is 346 g/mol. The highest BCUT2D eigenvalue weighted by Gasteiger charge is 2.39. The number of urea groups is 1. The van der Waals surface area contributed by atoms with Gasteiger partial charge in [-0.3, -0.25) is 9.69 Å². The summed E-state index contributed by atoms with van der Waals surface area (Å²) in [5, 5.41) is 2.80. The third-order valence-electron chi connectivity index (χ3n) is 3.60. The Kier molecular flexibility index (Phi) is 9.38. The summed E-state index contributed by atoms with van der Waals surface area (Å²) in [5.41, 5.74) is 0. The predicted molar refractivity (Wildman–Crippen MR) is 89.0 cm³/mol. The van der Waals surface area contributed by atoms with E-state index in [-0.39, 0.29) is 11.9 Å². The summed E-state index contributed by atoms with van der Waals surface area (Å²) in [7, 11) is -2.65. The van der Waals surface area contributed by atoms with Gasteiger partial charge in [0, 0.05) is 45.4 Å². The first kappa shape index (κ1) is 20.1. The van der Waals surface area contributed by atoms with Crippen molar-refractivity contribution in [1.82, 2.24) is 10.2 Å². The molecule has 0 bridgehead atoms. The quantitative estimate of drug-likeness (QED) is 0.484. The van der Waals surface area contributed by atoms with Gasteiger partial charge in [0.1, 0.15) is 0 Å². The lowest BCUT2D eigenvalue weighted by atomic mass is 10.1. The Hall–Kier alpha value is -0.963. The van der Waals surface area contributed by atoms with Crippen molar-refractivity contribution in [3.63, 3.8) is 0 Å². The molecule has 1 heterocycles. The first-order chi connectivity index (χ1) is 11.1. The number of piperidine rings is 1. The average Bonchev–Trinajstić information content (AvgIpc) is 2.52. The van der Waals surface area contributed by atoms with Crippen LogP contribution in [0.4, 0.5) is 4.79 Å². The summed E-state index contributed by atoms with van der Waals surface area (Å²) in [5.74, 6) is -0.0876. The molecule has 0 aromatic rings. The van der Waals surface area contributed by atoms with Crippen LogP contribution in [0.1, 0.15) is 46.5 Å². The summed E-state index contributed by atoms with van der Waals surface area (Å²) >= 11 is 0. The minimum Gasteiger partial charge on any atom is -0.374 e. The Bertz CT molecular complexity index is 364. The normalized spacial score (nSPS) is 15.8. The number of hydrogen-bond acceptors (Lipinski definition) is 5. The molecule has 0 spiro atoms. The van der Waals surface area contributed by atoms with Gasteiger partial charge in [0.05, 0.1) is 0 Å². The maximum Gasteiger partial charge on any atom is 0.500 e. The molecule has 23 heavy (non-hydrogen) atoms. The highest BCUT2D eigenvalue weighted by atomic mass is 28.4. The highest BCUT2D eigenvalue weighted by molar-refractivity contribution is 6.60. The smallest absolute Gasteiger partial charge is 0.374 e. The summed E-state index contributed by atoms with van der Waals surface area (Å²) in [4.78, 5) is 25.0. The van der Waals surface area contributed by atoms with E-state index in [1.807, 2.05) is 20.8 Å². The van der Waals surface area contributed by atoms with Gasteiger partial charge >= 0.3 is 14.8 Å². The van der Waals surface area contributed by atoms with Crippen LogP contribution in [-0.4, -0.2) is 58.6 Å². The van der Waals surface area contributed by atoms with Crippen LogP contribution < -0.4 is 5.32 Å². The molecule has 134 valence electrons. The number of nitrogens with zero attached hydrogens (tertiary/aromatic N) is 1. The van der Waals surface area contributed by atoms with Crippen LogP contribution in [-0.2, 0) is 18.1 Å². The van der Waals surface area contributed by atoms with Crippen LogP contribution in [0.25, 0.3) is 0 Å². The Labute approximate surface area is 140 Å². The molecule has 1 N–H and O–H groups in total. The molecule has 3 amide bonds. The molecule has 0 aromatic heterocycles. The molecule has 1 saturated heterocycles. The fourth-order valence-corrected chi connectivity index (χ4v) is 5.23. The number of nitrogens with one attached hydrogen (secondary N) is 1. The lowest BCUT2D eigenvalue weighted by Crippen LogP contribution is -2.48. The van der Waals surface area contributed by atoms with E-state index in [1.165, 1.54) is 4.90 Å². The van der Waals surface area contributed by atoms with Gasteiger partial charge in [-0.25, -0.2) is 4.79 Å². The van der Waals surface area contributed by atoms with Crippen molar-refractivity contribution >= 4 is 20.7 Å². The molecule has 0 aromatic carbocycles. The van der Waals surface area contributed by atoms with Gasteiger partial charge in [-0.15, -0.1) is 0 Å². The minimum absolute atomic E-state index is 0.0876. The van der Waals surface area contributed by atoms with Crippen molar-refractivity contribution in [3.8, 4) is 0 Å². The Morgan fingerprint density at radius 2 is 1.74 bits per heavy atom. The molecule has 1 aliphatic rings. The van der Waals surface area contributed by atoms with Crippen LogP contribution >= 0.6 is 0 Å². The summed E-state index contributed by atoms with van der Waals surface area (Å²) in [6, 6.07) is 0.350. The van der Waals surface area contributed by atoms with Gasteiger partial charge in [0.25, 0.3) is 0 Å². The lowest BCUT2D eigenvalue weighted by molar-refractivity contribution is -0.130. The molecule has 8 heteroatoms. The van der Waals surface area contributed by atoms with Gasteiger partial charge in [-0.05, 0) is 40.0 Å². The number of likely N-dealkylation sites (tertiary alicyclic amines) is 1. The van der Waals surface area contributed by atoms with Crippen molar-refractivity contribution in [2.24, 2.45) is 0 Å². The molecule has 1 aliphatic heterocycles. The van der Waals surface area contributed by atoms with Crippen molar-refractivity contribution in [3.05, 3.63) is 0 Å². The van der Waals surface area contributed by atoms with E-state index in [9.17, 15) is 9.59 Å². The van der Waals surface area contributed by atoms with Gasteiger partial charge in [0.2, 0.25) is 5.91 Å². The molecule has 0 saturated carbocycles. The van der Waals surface area contributed by atoms with E-state index in [0.717, 1.165) is 12.8 Å². The first-order valence-electron chi connectivity index (χ1n) is 8.58. The lowest BCUT2D eigenvalue weighted by Gasteiger charge is -2.29. The fourth-order valence-electron chi connectivity index (χ4n) is 2.62. The molecular formula is C15H30N2O5Si. The average molecular weight is 347 g/mol. The number of imide groups is 1. The van der Waals surface area contributed by atoms with E-state index in [4.69, 9.17) is 13.3 Å². The zero-order valence-electron chi connectivity index (χ0n) is 14.6. The maximum atomic E-state index is 12.0. The Morgan fingerprint density at radius 1 is 1.13 bits per heavy atom. The van der Waals surface area contributed by atoms with Crippen molar-refractivity contribution < 1.29 is 22.9 Å². The second-order valence-electron chi connectivity index (χ2n) is 5.32. The number of hydrogen-bond donors (Lipinski definition) is 1. The van der Waals surface area contributed by atoms with Gasteiger partial charge in [-0.1, -0.05) is 0 Å². The van der Waals surface area contributed by atoms with Gasteiger partial charge in [-0.2, -0.15) is 0 Å². The molecular weight excluding hydrogens is 316 g/mol. The van der Waals surface area contributed by atoms with E-state index in [2.05, 4.69) is 5.32 Å². The van der Waals surface area contributed by atoms with Crippen LogP contribution in [0.3, 0.4) is 0 Å². The Morgan fingerprint density at radius 3 is 2.26 bits per heavy atom. The number of amides is 3. The fraction of sp³-hybridized carbons (Fsp3) is 0.867. The molecule has 1 fully saturated rings. The number of rotatable bonds is 10. The number of carbonyl (C=O) groups is 2. The predicted octanol–water partition coefficient (Wildman–Crippen LogP) is 2.15. The van der Waals surface area contributed by atoms with E-state index >= 15 is 0 Å². The van der Waals surface area contributed by atoms with Gasteiger partial charge in [0.15, 0.2) is 0 Å². The van der Waals surface area contributed by atoms with Crippen LogP contribution in [0, 0.1) is 0 Å². The molecule has 1 rings (SSSR count). The SMILES string of the molecule is CCO[Si](CCCNC(=O)N1CCCCC1=O)(OCC)OCC. The molecule has 0 radical (unpaired) electrons. The van der Waals surface area contributed by atoms with Crippen molar-refractivity contribution in [2.75, 3.05) is 32.9 Å². The summed E-state index contributed by atoms with van der Waals surface area (Å²) in [6.07, 6.45) is 2.91. The molecule has 7 nitrogen and oxygen atoms in total. The highest BCUT2D eigenvalue weighted by Crippen LogP contribution is 2.18. The van der Waals surface area contributed by atoms with Gasteiger partial charge < -0.3 is 18.6 Å². The molecule has 0 unspecified atom stereocenters. The van der Waals surface area contributed by atoms with E-state index in [0.29, 0.717) is 51.8 Å². The third-order valence-corrected chi connectivity index (χ3v) is 6.75. The second-order valence-corrected chi connectivity index (χ2v) is 8.05. The van der Waals surface area contributed by atoms with E-state index < -0.39 is 8.80 Å². The molecule has 0 aliphatic carbocycles. The Balaban J connectivity index is 2.40. The topological polar surface area (TPSA) is 77.1 Å². The third kappa shape index (κ3) is 6.58. The summed E-state index contributed by atoms with van der Waals surface area (Å²) < 4.78 is 17.3. The zero-order valence-corrected chi connectivity index (χ0v) is 15.6. The van der Waals surface area contributed by atoms with Crippen molar-refractivity contribution in [1.29, 1.82) is 0 Å². The maximum absolute atomic E-state index is 12.0. The van der Waals surface area contributed by atoms with E-state index in [1.54, 1.807) is 0 Å². The molecule has 0 atom stereocenters. The largest absolute Gasteiger partial charge is 0.500 e. The standard InChI is InChI=1S/C15H30N2O5Si/c1-4-20-23(21-5-2,22-6-3)13-9-11-16-15(19)17-12-8-7-10-14(17)18/h4-13H2,1-3H3,(H,16,19). The zero-order chi connectivity index (χ0) is 17.1.